The summed E-state index contributed by atoms with van der Waals surface area (Å²) in [6, 6.07) is 7.14. The Kier molecular flexibility index (Phi) is 7.00. The Morgan fingerprint density at radius 2 is 1.91 bits per heavy atom. The van der Waals surface area contributed by atoms with E-state index >= 15 is 0 Å². The van der Waals surface area contributed by atoms with Gasteiger partial charge in [0.2, 0.25) is 0 Å². The standard InChI is InChI=1S/C32H44N8O3/c1-7-39(20-12-18(13-20)8-11-24-37-21-10-9-19(31(2,3)4)14-22(21)38-24)15-23-26-27(43-32(5,6)42-26)30(41-23)40-17-36-25-28(33)34-16-35-29(25)40/h9-10,14,16-18,20,23,26-27,30H,7-8,11-13,15H2,1-6H3,(H,37,38)(H2,33,34,35)/t18?,20?,23-,26-,27+,30-/m1/s1. The average Bonchev–Trinajstić information content (AvgIpc) is 3.68. The van der Waals surface area contributed by atoms with Crippen LogP contribution < -0.4 is 5.73 Å². The molecule has 1 saturated carbocycles. The molecule has 11 heteroatoms. The molecule has 2 aliphatic heterocycles. The summed E-state index contributed by atoms with van der Waals surface area (Å²) in [5.41, 5.74) is 10.9. The lowest BCUT2D eigenvalue weighted by Crippen LogP contribution is -2.49. The topological polar surface area (TPSA) is 129 Å². The molecule has 0 spiro atoms. The number of aromatic amines is 1. The molecule has 1 aromatic carbocycles. The van der Waals surface area contributed by atoms with Crippen LogP contribution in [0.25, 0.3) is 22.2 Å². The molecule has 230 valence electrons. The second kappa shape index (κ2) is 10.5. The van der Waals surface area contributed by atoms with Gasteiger partial charge in [0.05, 0.1) is 17.4 Å². The van der Waals surface area contributed by atoms with E-state index in [1.165, 1.54) is 24.7 Å². The van der Waals surface area contributed by atoms with Gasteiger partial charge in [0.15, 0.2) is 23.5 Å². The number of hydrogen-bond donors (Lipinski definition) is 2. The number of hydrogen-bond acceptors (Lipinski definition) is 9. The highest BCUT2D eigenvalue weighted by molar-refractivity contribution is 5.81. The number of ether oxygens (including phenoxy) is 3. The Morgan fingerprint density at radius 1 is 1.12 bits per heavy atom. The van der Waals surface area contributed by atoms with Gasteiger partial charge in [0.25, 0.3) is 0 Å². The van der Waals surface area contributed by atoms with E-state index in [2.05, 4.69) is 70.7 Å². The minimum Gasteiger partial charge on any atom is -0.382 e. The predicted molar refractivity (Wildman–Crippen MR) is 164 cm³/mol. The van der Waals surface area contributed by atoms with Gasteiger partial charge in [0, 0.05) is 19.0 Å². The van der Waals surface area contributed by atoms with E-state index < -0.39 is 12.0 Å². The molecule has 4 aromatic rings. The van der Waals surface area contributed by atoms with Crippen molar-refractivity contribution in [3.05, 3.63) is 42.2 Å². The maximum Gasteiger partial charge on any atom is 0.167 e. The summed E-state index contributed by atoms with van der Waals surface area (Å²) in [5.74, 6) is 1.46. The first-order valence-corrected chi connectivity index (χ1v) is 15.7. The van der Waals surface area contributed by atoms with E-state index in [1.54, 1.807) is 6.33 Å². The number of nitrogen functional groups attached to an aromatic ring is 1. The third kappa shape index (κ3) is 5.30. The molecule has 0 amide bonds. The highest BCUT2D eigenvalue weighted by Gasteiger charge is 2.56. The highest BCUT2D eigenvalue weighted by atomic mass is 16.8. The molecule has 7 rings (SSSR count). The lowest BCUT2D eigenvalue weighted by atomic mass is 9.76. The Hall–Kier alpha value is -3.12. The quantitative estimate of drug-likeness (QED) is 0.300. The third-order valence-electron chi connectivity index (χ3n) is 9.52. The molecule has 5 heterocycles. The summed E-state index contributed by atoms with van der Waals surface area (Å²) >= 11 is 0. The second-order valence-corrected chi connectivity index (χ2v) is 14.0. The van der Waals surface area contributed by atoms with E-state index in [4.69, 9.17) is 24.9 Å². The van der Waals surface area contributed by atoms with Gasteiger partial charge < -0.3 is 24.9 Å². The van der Waals surface area contributed by atoms with Crippen LogP contribution in [0, 0.1) is 5.92 Å². The SMILES string of the molecule is CCN(C[C@H]1O[C@@H](n2cnc3c(N)ncnc32)[C@H]2OC(C)(C)O[C@@H]21)C1CC(CCc2nc3ccc(C(C)(C)C)cc3[nH]2)C1. The predicted octanol–water partition coefficient (Wildman–Crippen LogP) is 4.73. The molecule has 0 radical (unpaired) electrons. The number of fused-ring (bicyclic) bond motifs is 3. The van der Waals surface area contributed by atoms with Gasteiger partial charge in [-0.1, -0.05) is 33.8 Å². The Labute approximate surface area is 252 Å². The maximum absolute atomic E-state index is 6.67. The van der Waals surface area contributed by atoms with E-state index in [-0.39, 0.29) is 23.7 Å². The fourth-order valence-electron chi connectivity index (χ4n) is 7.08. The van der Waals surface area contributed by atoms with Crippen molar-refractivity contribution in [1.82, 2.24) is 34.4 Å². The Balaban J connectivity index is 0.985. The molecule has 3 fully saturated rings. The molecular formula is C32H44N8O3. The van der Waals surface area contributed by atoms with Crippen LogP contribution in [0.2, 0.25) is 0 Å². The van der Waals surface area contributed by atoms with Crippen LogP contribution in [0.3, 0.4) is 0 Å². The number of H-pyrrole nitrogens is 1. The fraction of sp³-hybridized carbons (Fsp3) is 0.625. The number of imidazole rings is 2. The molecule has 1 aliphatic carbocycles. The molecule has 0 bridgehead atoms. The minimum atomic E-state index is -0.691. The molecule has 3 aromatic heterocycles. The van der Waals surface area contributed by atoms with Gasteiger partial charge in [-0.2, -0.15) is 0 Å². The summed E-state index contributed by atoms with van der Waals surface area (Å²) in [7, 11) is 0. The lowest BCUT2D eigenvalue weighted by Gasteiger charge is -2.44. The van der Waals surface area contributed by atoms with Gasteiger partial charge >= 0.3 is 0 Å². The first-order chi connectivity index (χ1) is 20.5. The molecule has 3 N–H and O–H groups in total. The Morgan fingerprint density at radius 3 is 2.67 bits per heavy atom. The summed E-state index contributed by atoms with van der Waals surface area (Å²) in [5, 5.41) is 0. The number of aryl methyl sites for hydroxylation is 1. The maximum atomic E-state index is 6.67. The minimum absolute atomic E-state index is 0.126. The van der Waals surface area contributed by atoms with Gasteiger partial charge in [-0.15, -0.1) is 0 Å². The molecule has 0 unspecified atom stereocenters. The van der Waals surface area contributed by atoms with Gasteiger partial charge in [-0.05, 0) is 68.7 Å². The number of nitrogens with two attached hydrogens (primary N) is 1. The van der Waals surface area contributed by atoms with Crippen molar-refractivity contribution in [3.8, 4) is 0 Å². The molecule has 3 aliphatic rings. The van der Waals surface area contributed by atoms with Crippen LogP contribution in [-0.4, -0.2) is 77.6 Å². The summed E-state index contributed by atoms with van der Waals surface area (Å²) in [6.45, 7) is 14.6. The molecule has 43 heavy (non-hydrogen) atoms. The van der Waals surface area contributed by atoms with Crippen molar-refractivity contribution in [2.24, 2.45) is 5.92 Å². The summed E-state index contributed by atoms with van der Waals surface area (Å²) < 4.78 is 21.4. The monoisotopic (exact) mass is 588 g/mol. The van der Waals surface area contributed by atoms with E-state index in [0.717, 1.165) is 42.8 Å². The normalized spacial score (nSPS) is 28.6. The number of nitrogens with one attached hydrogen (secondary N) is 1. The number of benzene rings is 1. The van der Waals surface area contributed by atoms with Crippen LogP contribution >= 0.6 is 0 Å². The zero-order valence-corrected chi connectivity index (χ0v) is 26.1. The van der Waals surface area contributed by atoms with Crippen LogP contribution in [-0.2, 0) is 26.0 Å². The summed E-state index contributed by atoms with van der Waals surface area (Å²) in [6.07, 6.45) is 6.68. The van der Waals surface area contributed by atoms with Gasteiger partial charge in [-0.25, -0.2) is 19.9 Å². The number of aromatic nitrogens is 6. The molecule has 11 nitrogen and oxygen atoms in total. The van der Waals surface area contributed by atoms with E-state index in [0.29, 0.717) is 28.9 Å². The fourth-order valence-corrected chi connectivity index (χ4v) is 7.08. The average molecular weight is 589 g/mol. The number of anilines is 1. The van der Waals surface area contributed by atoms with Crippen molar-refractivity contribution >= 4 is 28.0 Å². The van der Waals surface area contributed by atoms with Crippen molar-refractivity contribution < 1.29 is 14.2 Å². The highest BCUT2D eigenvalue weighted by Crippen LogP contribution is 2.45. The van der Waals surface area contributed by atoms with Crippen molar-refractivity contribution in [1.29, 1.82) is 0 Å². The molecular weight excluding hydrogens is 544 g/mol. The molecule has 2 saturated heterocycles. The van der Waals surface area contributed by atoms with Crippen LogP contribution in [0.15, 0.2) is 30.9 Å². The summed E-state index contributed by atoms with van der Waals surface area (Å²) in [4.78, 5) is 24.0. The van der Waals surface area contributed by atoms with Crippen LogP contribution in [0.1, 0.15) is 78.4 Å². The molecule has 4 atom stereocenters. The lowest BCUT2D eigenvalue weighted by molar-refractivity contribution is -0.199. The first-order valence-electron chi connectivity index (χ1n) is 15.7. The number of rotatable bonds is 8. The largest absolute Gasteiger partial charge is 0.382 e. The van der Waals surface area contributed by atoms with Crippen LogP contribution in [0.5, 0.6) is 0 Å². The van der Waals surface area contributed by atoms with E-state index in [1.807, 2.05) is 18.4 Å². The van der Waals surface area contributed by atoms with Crippen LogP contribution in [0.4, 0.5) is 5.82 Å². The second-order valence-electron chi connectivity index (χ2n) is 14.0. The zero-order valence-electron chi connectivity index (χ0n) is 26.1. The first kappa shape index (κ1) is 28.6. The number of nitrogens with zero attached hydrogens (tertiary/aromatic N) is 6. The van der Waals surface area contributed by atoms with E-state index in [9.17, 15) is 0 Å². The smallest absolute Gasteiger partial charge is 0.167 e. The van der Waals surface area contributed by atoms with Gasteiger partial charge in [0.1, 0.15) is 36.0 Å². The zero-order chi connectivity index (χ0) is 30.1. The van der Waals surface area contributed by atoms with Crippen molar-refractivity contribution in [3.63, 3.8) is 0 Å². The number of likely N-dealkylation sites (N-methyl/N-ethyl adjacent to an activating group) is 1. The third-order valence-corrected chi connectivity index (χ3v) is 9.52. The Bertz CT molecular complexity index is 1620. The van der Waals surface area contributed by atoms with Crippen molar-refractivity contribution in [2.75, 3.05) is 18.8 Å². The van der Waals surface area contributed by atoms with Gasteiger partial charge in [-0.3, -0.25) is 9.47 Å². The van der Waals surface area contributed by atoms with Crippen molar-refractivity contribution in [2.45, 2.75) is 109 Å².